The predicted molar refractivity (Wildman–Crippen MR) is 83.7 cm³/mol. The Morgan fingerprint density at radius 2 is 2.19 bits per heavy atom. The molecule has 0 unspecified atom stereocenters. The number of halogens is 1. The van der Waals surface area contributed by atoms with Gasteiger partial charge in [-0.1, -0.05) is 17.7 Å². The molecule has 0 fully saturated rings. The molecular formula is C16H20ClN3O. The fourth-order valence-electron chi connectivity index (χ4n) is 2.96. The third kappa shape index (κ3) is 2.65. The number of nitrogens with zero attached hydrogens (tertiary/aromatic N) is 3. The molecule has 1 atom stereocenters. The Morgan fingerprint density at radius 1 is 1.38 bits per heavy atom. The standard InChI is InChI=1S/C16H20ClN3O/c1-11(12-4-5-16(21-3)13(17)8-12)20-7-6-15-14(9-20)18-10-19(15)2/h4-5,8,10-11H,6-7,9H2,1-3H3/t11-/m1/s1. The Kier molecular flexibility index (Phi) is 3.91. The van der Waals surface area contributed by atoms with Crippen LogP contribution in [0, 0.1) is 0 Å². The van der Waals surface area contributed by atoms with E-state index in [9.17, 15) is 0 Å². The van der Waals surface area contributed by atoms with Gasteiger partial charge in [-0.3, -0.25) is 4.90 Å². The van der Waals surface area contributed by atoms with E-state index in [4.69, 9.17) is 16.3 Å². The second kappa shape index (κ2) is 5.70. The van der Waals surface area contributed by atoms with E-state index in [-0.39, 0.29) is 0 Å². The van der Waals surface area contributed by atoms with E-state index in [2.05, 4.69) is 34.5 Å². The molecule has 1 aliphatic rings. The Labute approximate surface area is 130 Å². The van der Waals surface area contributed by atoms with Gasteiger partial charge in [0.15, 0.2) is 0 Å². The third-order valence-corrected chi connectivity index (χ3v) is 4.64. The molecule has 0 bridgehead atoms. The summed E-state index contributed by atoms with van der Waals surface area (Å²) in [5, 5.41) is 0.664. The Bertz CT molecular complexity index is 653. The first-order valence-corrected chi connectivity index (χ1v) is 7.54. The smallest absolute Gasteiger partial charge is 0.137 e. The van der Waals surface area contributed by atoms with Gasteiger partial charge >= 0.3 is 0 Å². The number of fused-ring (bicyclic) bond motifs is 1. The summed E-state index contributed by atoms with van der Waals surface area (Å²) in [5.41, 5.74) is 3.75. The molecule has 2 aromatic rings. The van der Waals surface area contributed by atoms with Gasteiger partial charge in [0.25, 0.3) is 0 Å². The minimum atomic E-state index is 0.309. The highest BCUT2D eigenvalue weighted by Crippen LogP contribution is 2.31. The van der Waals surface area contributed by atoms with Crippen LogP contribution in [0.5, 0.6) is 5.75 Å². The summed E-state index contributed by atoms with van der Waals surface area (Å²) in [4.78, 5) is 6.94. The molecule has 1 aromatic carbocycles. The summed E-state index contributed by atoms with van der Waals surface area (Å²) in [7, 11) is 3.70. The first-order valence-electron chi connectivity index (χ1n) is 7.16. The molecule has 0 amide bonds. The van der Waals surface area contributed by atoms with Crippen molar-refractivity contribution in [3.8, 4) is 5.75 Å². The SMILES string of the molecule is COc1ccc([C@@H](C)N2CCc3c(ncn3C)C2)cc1Cl. The quantitative estimate of drug-likeness (QED) is 0.872. The molecule has 5 heteroatoms. The topological polar surface area (TPSA) is 30.3 Å². The number of benzene rings is 1. The normalized spacial score (nSPS) is 16.6. The molecule has 0 saturated heterocycles. The van der Waals surface area contributed by atoms with Crippen LogP contribution in [0.4, 0.5) is 0 Å². The number of rotatable bonds is 3. The first kappa shape index (κ1) is 14.4. The number of imidazole rings is 1. The van der Waals surface area contributed by atoms with Crippen LogP contribution in [-0.4, -0.2) is 28.1 Å². The molecule has 0 saturated carbocycles. The summed E-state index contributed by atoms with van der Waals surface area (Å²) in [5.74, 6) is 0.721. The number of hydrogen-bond acceptors (Lipinski definition) is 3. The lowest BCUT2D eigenvalue weighted by molar-refractivity contribution is 0.188. The van der Waals surface area contributed by atoms with Gasteiger partial charge < -0.3 is 9.30 Å². The minimum absolute atomic E-state index is 0.309. The lowest BCUT2D eigenvalue weighted by atomic mass is 10.0. The fraction of sp³-hybridized carbons (Fsp3) is 0.438. The van der Waals surface area contributed by atoms with Crippen LogP contribution >= 0.6 is 11.6 Å². The third-order valence-electron chi connectivity index (χ3n) is 4.34. The van der Waals surface area contributed by atoms with Crippen molar-refractivity contribution >= 4 is 11.6 Å². The van der Waals surface area contributed by atoms with Gasteiger partial charge in [-0.05, 0) is 24.6 Å². The van der Waals surface area contributed by atoms with Gasteiger partial charge in [-0.2, -0.15) is 0 Å². The van der Waals surface area contributed by atoms with Crippen LogP contribution in [0.3, 0.4) is 0 Å². The number of hydrogen-bond donors (Lipinski definition) is 0. The van der Waals surface area contributed by atoms with E-state index < -0.39 is 0 Å². The molecule has 0 N–H and O–H groups in total. The molecule has 1 aliphatic heterocycles. The Morgan fingerprint density at radius 3 is 2.90 bits per heavy atom. The first-order chi connectivity index (χ1) is 10.1. The summed E-state index contributed by atoms with van der Waals surface area (Å²) in [6, 6.07) is 6.33. The van der Waals surface area contributed by atoms with Gasteiger partial charge in [-0.15, -0.1) is 0 Å². The minimum Gasteiger partial charge on any atom is -0.495 e. The second-order valence-electron chi connectivity index (χ2n) is 5.54. The van der Waals surface area contributed by atoms with Crippen LogP contribution in [0.15, 0.2) is 24.5 Å². The molecule has 1 aromatic heterocycles. The lowest BCUT2D eigenvalue weighted by Crippen LogP contribution is -2.33. The van der Waals surface area contributed by atoms with Crippen LogP contribution in [0.1, 0.15) is 29.9 Å². The predicted octanol–water partition coefficient (Wildman–Crippen LogP) is 3.20. The van der Waals surface area contributed by atoms with Crippen molar-refractivity contribution in [3.63, 3.8) is 0 Å². The highest BCUT2D eigenvalue weighted by Gasteiger charge is 2.24. The summed E-state index contributed by atoms with van der Waals surface area (Å²) >= 11 is 6.24. The highest BCUT2D eigenvalue weighted by atomic mass is 35.5. The maximum Gasteiger partial charge on any atom is 0.137 e. The van der Waals surface area contributed by atoms with Gasteiger partial charge in [0.2, 0.25) is 0 Å². The fourth-order valence-corrected chi connectivity index (χ4v) is 3.23. The van der Waals surface area contributed by atoms with Crippen molar-refractivity contribution < 1.29 is 4.74 Å². The van der Waals surface area contributed by atoms with Crippen LogP contribution in [0.25, 0.3) is 0 Å². The average Bonchev–Trinajstić information content (AvgIpc) is 2.87. The van der Waals surface area contributed by atoms with E-state index in [0.717, 1.165) is 25.3 Å². The van der Waals surface area contributed by atoms with Crippen LogP contribution in [0.2, 0.25) is 5.02 Å². The van der Waals surface area contributed by atoms with Gasteiger partial charge in [0.05, 0.1) is 24.2 Å². The molecule has 0 spiro atoms. The maximum atomic E-state index is 6.24. The Hall–Kier alpha value is -1.52. The zero-order chi connectivity index (χ0) is 15.0. The molecule has 2 heterocycles. The van der Waals surface area contributed by atoms with Gasteiger partial charge in [-0.25, -0.2) is 4.98 Å². The van der Waals surface area contributed by atoms with Gasteiger partial charge in [0, 0.05) is 38.3 Å². The molecule has 112 valence electrons. The molecular weight excluding hydrogens is 286 g/mol. The highest BCUT2D eigenvalue weighted by molar-refractivity contribution is 6.32. The number of aryl methyl sites for hydroxylation is 1. The van der Waals surface area contributed by atoms with E-state index in [1.165, 1.54) is 17.0 Å². The summed E-state index contributed by atoms with van der Waals surface area (Å²) in [6.45, 7) is 4.14. The zero-order valence-corrected chi connectivity index (χ0v) is 13.4. The molecule has 21 heavy (non-hydrogen) atoms. The monoisotopic (exact) mass is 305 g/mol. The maximum absolute atomic E-state index is 6.24. The van der Waals surface area contributed by atoms with Crippen molar-refractivity contribution in [2.75, 3.05) is 13.7 Å². The van der Waals surface area contributed by atoms with Crippen molar-refractivity contribution in [1.82, 2.24) is 14.5 Å². The van der Waals surface area contributed by atoms with E-state index >= 15 is 0 Å². The van der Waals surface area contributed by atoms with E-state index in [1.807, 2.05) is 18.5 Å². The Balaban J connectivity index is 1.80. The van der Waals surface area contributed by atoms with E-state index in [1.54, 1.807) is 7.11 Å². The summed E-state index contributed by atoms with van der Waals surface area (Å²) in [6.07, 6.45) is 2.95. The number of methoxy groups -OCH3 is 1. The molecule has 4 nitrogen and oxygen atoms in total. The largest absolute Gasteiger partial charge is 0.495 e. The van der Waals surface area contributed by atoms with E-state index in [0.29, 0.717) is 11.1 Å². The van der Waals surface area contributed by atoms with Crippen molar-refractivity contribution in [2.45, 2.75) is 25.9 Å². The summed E-state index contributed by atoms with van der Waals surface area (Å²) < 4.78 is 7.34. The van der Waals surface area contributed by atoms with Crippen LogP contribution < -0.4 is 4.74 Å². The lowest BCUT2D eigenvalue weighted by Gasteiger charge is -2.32. The van der Waals surface area contributed by atoms with Gasteiger partial charge in [0.1, 0.15) is 5.75 Å². The second-order valence-corrected chi connectivity index (χ2v) is 5.95. The van der Waals surface area contributed by atoms with Crippen molar-refractivity contribution in [3.05, 3.63) is 46.5 Å². The molecule has 0 aliphatic carbocycles. The molecule has 0 radical (unpaired) electrons. The van der Waals surface area contributed by atoms with Crippen molar-refractivity contribution in [2.24, 2.45) is 7.05 Å². The molecule has 3 rings (SSSR count). The average molecular weight is 306 g/mol. The zero-order valence-electron chi connectivity index (χ0n) is 12.6. The van der Waals surface area contributed by atoms with Crippen molar-refractivity contribution in [1.29, 1.82) is 0 Å². The number of ether oxygens (including phenoxy) is 1. The van der Waals surface area contributed by atoms with Crippen LogP contribution in [-0.2, 0) is 20.0 Å². The number of aromatic nitrogens is 2.